The maximum atomic E-state index is 12.0. The van der Waals surface area contributed by atoms with Crippen molar-refractivity contribution in [3.05, 3.63) is 47.7 Å². The van der Waals surface area contributed by atoms with Crippen LogP contribution in [0.25, 0.3) is 0 Å². The van der Waals surface area contributed by atoms with Crippen molar-refractivity contribution >= 4 is 5.97 Å². The molecule has 0 N–H and O–H groups in total. The molecule has 2 rings (SSSR count). The van der Waals surface area contributed by atoms with Gasteiger partial charge in [-0.3, -0.25) is 0 Å². The summed E-state index contributed by atoms with van der Waals surface area (Å²) in [7, 11) is 0. The standard InChI is InChI=1S/C16H20O3/c1-11(2)13-10-14(16(3,4)19-13)18-15(17)12-8-6-5-7-9-12/h5-11,13H,1-4H3/t13-/m0/s1. The van der Waals surface area contributed by atoms with E-state index in [9.17, 15) is 4.79 Å². The normalized spacial score (nSPS) is 21.3. The van der Waals surface area contributed by atoms with Gasteiger partial charge in [-0.2, -0.15) is 0 Å². The van der Waals surface area contributed by atoms with Crippen LogP contribution in [0.5, 0.6) is 0 Å². The molecule has 0 spiro atoms. The third-order valence-electron chi connectivity index (χ3n) is 3.21. The molecule has 0 saturated carbocycles. The Hall–Kier alpha value is -1.61. The molecule has 0 aliphatic carbocycles. The quantitative estimate of drug-likeness (QED) is 0.779. The Kier molecular flexibility index (Phi) is 3.76. The van der Waals surface area contributed by atoms with Gasteiger partial charge in [0.05, 0.1) is 11.7 Å². The van der Waals surface area contributed by atoms with Crippen molar-refractivity contribution in [3.8, 4) is 0 Å². The van der Waals surface area contributed by atoms with Crippen molar-refractivity contribution < 1.29 is 14.3 Å². The molecule has 0 amide bonds. The first-order valence-electron chi connectivity index (χ1n) is 6.57. The second-order valence-corrected chi connectivity index (χ2v) is 5.62. The predicted molar refractivity (Wildman–Crippen MR) is 73.7 cm³/mol. The number of hydrogen-bond acceptors (Lipinski definition) is 3. The molecule has 1 aromatic rings. The first-order valence-corrected chi connectivity index (χ1v) is 6.57. The molecule has 1 atom stereocenters. The molecule has 0 radical (unpaired) electrons. The van der Waals surface area contributed by atoms with E-state index in [4.69, 9.17) is 9.47 Å². The minimum atomic E-state index is -0.556. The third-order valence-corrected chi connectivity index (χ3v) is 3.21. The van der Waals surface area contributed by atoms with E-state index in [1.807, 2.05) is 38.1 Å². The SMILES string of the molecule is CC(C)[C@@H]1C=C(OC(=O)c2ccccc2)C(C)(C)O1. The van der Waals surface area contributed by atoms with E-state index in [1.54, 1.807) is 12.1 Å². The van der Waals surface area contributed by atoms with Gasteiger partial charge in [0.25, 0.3) is 0 Å². The van der Waals surface area contributed by atoms with Gasteiger partial charge < -0.3 is 9.47 Å². The molecule has 3 nitrogen and oxygen atoms in total. The fourth-order valence-electron chi connectivity index (χ4n) is 2.00. The van der Waals surface area contributed by atoms with E-state index in [-0.39, 0.29) is 12.1 Å². The lowest BCUT2D eigenvalue weighted by molar-refractivity contribution is -0.0421. The van der Waals surface area contributed by atoms with Crippen LogP contribution < -0.4 is 0 Å². The molecule has 0 fully saturated rings. The zero-order chi connectivity index (χ0) is 14.0. The highest BCUT2D eigenvalue weighted by atomic mass is 16.6. The van der Waals surface area contributed by atoms with Gasteiger partial charge in [0, 0.05) is 0 Å². The third kappa shape index (κ3) is 3.04. The van der Waals surface area contributed by atoms with Gasteiger partial charge in [-0.05, 0) is 38.0 Å². The van der Waals surface area contributed by atoms with Gasteiger partial charge in [-0.15, -0.1) is 0 Å². The van der Waals surface area contributed by atoms with Crippen LogP contribution >= 0.6 is 0 Å². The zero-order valence-corrected chi connectivity index (χ0v) is 11.8. The van der Waals surface area contributed by atoms with E-state index >= 15 is 0 Å². The molecule has 1 heterocycles. The summed E-state index contributed by atoms with van der Waals surface area (Å²) >= 11 is 0. The highest BCUT2D eigenvalue weighted by molar-refractivity contribution is 5.90. The Labute approximate surface area is 114 Å². The molecule has 3 heteroatoms. The second kappa shape index (κ2) is 5.17. The molecule has 0 aromatic heterocycles. The van der Waals surface area contributed by atoms with Gasteiger partial charge >= 0.3 is 5.97 Å². The summed E-state index contributed by atoms with van der Waals surface area (Å²) in [5, 5.41) is 0. The molecule has 0 bridgehead atoms. The molecule has 1 aromatic carbocycles. The number of rotatable bonds is 3. The fraction of sp³-hybridized carbons (Fsp3) is 0.438. The minimum Gasteiger partial charge on any atom is -0.425 e. The molecule has 1 aliphatic heterocycles. The molecular weight excluding hydrogens is 240 g/mol. The summed E-state index contributed by atoms with van der Waals surface area (Å²) in [6.45, 7) is 8.00. The zero-order valence-electron chi connectivity index (χ0n) is 11.8. The van der Waals surface area contributed by atoms with Crippen LogP contribution in [0.4, 0.5) is 0 Å². The highest BCUT2D eigenvalue weighted by Crippen LogP contribution is 2.34. The average Bonchev–Trinajstić information content (AvgIpc) is 2.66. The Morgan fingerprint density at radius 2 is 1.89 bits per heavy atom. The van der Waals surface area contributed by atoms with E-state index in [0.29, 0.717) is 17.2 Å². The smallest absolute Gasteiger partial charge is 0.343 e. The van der Waals surface area contributed by atoms with Crippen LogP contribution in [-0.2, 0) is 9.47 Å². The summed E-state index contributed by atoms with van der Waals surface area (Å²) in [6, 6.07) is 8.99. The summed E-state index contributed by atoms with van der Waals surface area (Å²) in [4.78, 5) is 12.0. The maximum Gasteiger partial charge on any atom is 0.343 e. The van der Waals surface area contributed by atoms with Crippen LogP contribution in [0.1, 0.15) is 38.1 Å². The molecule has 1 aliphatic rings. The highest BCUT2D eigenvalue weighted by Gasteiger charge is 2.38. The Morgan fingerprint density at radius 3 is 2.42 bits per heavy atom. The first-order chi connectivity index (χ1) is 8.90. The number of ether oxygens (including phenoxy) is 2. The lowest BCUT2D eigenvalue weighted by Gasteiger charge is -2.24. The van der Waals surface area contributed by atoms with Crippen molar-refractivity contribution in [2.75, 3.05) is 0 Å². The molecule has 19 heavy (non-hydrogen) atoms. The van der Waals surface area contributed by atoms with Crippen molar-refractivity contribution in [1.82, 2.24) is 0 Å². The van der Waals surface area contributed by atoms with Crippen LogP contribution in [0.15, 0.2) is 42.2 Å². The second-order valence-electron chi connectivity index (χ2n) is 5.62. The minimum absolute atomic E-state index is 0.00595. The number of carbonyl (C=O) groups excluding carboxylic acids is 1. The Morgan fingerprint density at radius 1 is 1.26 bits per heavy atom. The first kappa shape index (κ1) is 13.8. The van der Waals surface area contributed by atoms with E-state index in [1.165, 1.54) is 0 Å². The molecule has 0 unspecified atom stereocenters. The van der Waals surface area contributed by atoms with Crippen molar-refractivity contribution in [2.24, 2.45) is 5.92 Å². The fourth-order valence-corrected chi connectivity index (χ4v) is 2.00. The molecule has 102 valence electrons. The van der Waals surface area contributed by atoms with Gasteiger partial charge in [-0.1, -0.05) is 32.0 Å². The molecule has 0 saturated heterocycles. The van der Waals surface area contributed by atoms with Crippen LogP contribution in [0.3, 0.4) is 0 Å². The van der Waals surface area contributed by atoms with E-state index in [0.717, 1.165) is 0 Å². The number of benzene rings is 1. The van der Waals surface area contributed by atoms with Crippen LogP contribution in [0.2, 0.25) is 0 Å². The Bertz CT molecular complexity index is 486. The largest absolute Gasteiger partial charge is 0.425 e. The lowest BCUT2D eigenvalue weighted by atomic mass is 10.1. The topological polar surface area (TPSA) is 35.5 Å². The van der Waals surface area contributed by atoms with Gasteiger partial charge in [0.1, 0.15) is 11.4 Å². The lowest BCUT2D eigenvalue weighted by Crippen LogP contribution is -2.28. The summed E-state index contributed by atoms with van der Waals surface area (Å²) in [5.74, 6) is 0.611. The molecular formula is C16H20O3. The van der Waals surface area contributed by atoms with Gasteiger partial charge in [-0.25, -0.2) is 4.79 Å². The maximum absolute atomic E-state index is 12.0. The monoisotopic (exact) mass is 260 g/mol. The number of esters is 1. The van der Waals surface area contributed by atoms with Crippen molar-refractivity contribution in [3.63, 3.8) is 0 Å². The number of carbonyl (C=O) groups is 1. The van der Waals surface area contributed by atoms with E-state index in [2.05, 4.69) is 13.8 Å². The van der Waals surface area contributed by atoms with Gasteiger partial charge in [0.2, 0.25) is 0 Å². The summed E-state index contributed by atoms with van der Waals surface area (Å²) in [5.41, 5.74) is -0.00784. The Balaban J connectivity index is 2.14. The van der Waals surface area contributed by atoms with Crippen LogP contribution in [0, 0.1) is 5.92 Å². The van der Waals surface area contributed by atoms with Crippen molar-refractivity contribution in [1.29, 1.82) is 0 Å². The van der Waals surface area contributed by atoms with Crippen molar-refractivity contribution in [2.45, 2.75) is 39.4 Å². The van der Waals surface area contributed by atoms with E-state index < -0.39 is 5.60 Å². The average molecular weight is 260 g/mol. The van der Waals surface area contributed by atoms with Crippen LogP contribution in [-0.4, -0.2) is 17.7 Å². The number of hydrogen-bond donors (Lipinski definition) is 0. The van der Waals surface area contributed by atoms with Gasteiger partial charge in [0.15, 0.2) is 0 Å². The predicted octanol–water partition coefficient (Wildman–Crippen LogP) is 3.56. The summed E-state index contributed by atoms with van der Waals surface area (Å²) < 4.78 is 11.4. The summed E-state index contributed by atoms with van der Waals surface area (Å²) in [6.07, 6.45) is 1.90.